The van der Waals surface area contributed by atoms with E-state index >= 15 is 0 Å². The van der Waals surface area contributed by atoms with Gasteiger partial charge in [0.1, 0.15) is 5.60 Å². The van der Waals surface area contributed by atoms with Gasteiger partial charge in [-0.15, -0.1) is 0 Å². The molecule has 0 radical (unpaired) electrons. The second-order valence-electron chi connectivity index (χ2n) is 6.22. The van der Waals surface area contributed by atoms with Crippen LogP contribution in [0.25, 0.3) is 0 Å². The van der Waals surface area contributed by atoms with Gasteiger partial charge < -0.3 is 15.0 Å². The maximum Gasteiger partial charge on any atom is 0.251 e. The molecule has 0 aliphatic carbocycles. The minimum absolute atomic E-state index is 0.0429. The topological polar surface area (TPSA) is 67.2 Å². The van der Waals surface area contributed by atoms with E-state index in [1.54, 1.807) is 50.6 Å². The molecule has 5 nitrogen and oxygen atoms in total. The molecule has 1 aromatic carbocycles. The normalized spacial score (nSPS) is 12.2. The fourth-order valence-electron chi connectivity index (χ4n) is 2.12. The molecule has 1 atom stereocenters. The quantitative estimate of drug-likeness (QED) is 0.828. The molecule has 0 saturated heterocycles. The highest BCUT2D eigenvalue weighted by atomic mass is 16.3. The largest absolute Gasteiger partial charge is 0.378 e. The number of nitrogens with one attached hydrogen (secondary N) is 1. The van der Waals surface area contributed by atoms with Crippen LogP contribution in [0.2, 0.25) is 0 Å². The SMILES string of the molecule is CC[C@H](Cn1ccnc1)NC(=O)c1ccc(C#CC(C)(C)O)cc1. The van der Waals surface area contributed by atoms with E-state index in [1.165, 1.54) is 0 Å². The van der Waals surface area contributed by atoms with Crippen LogP contribution in [0.3, 0.4) is 0 Å². The summed E-state index contributed by atoms with van der Waals surface area (Å²) in [6.45, 7) is 5.99. The smallest absolute Gasteiger partial charge is 0.251 e. The molecule has 1 heterocycles. The van der Waals surface area contributed by atoms with E-state index < -0.39 is 5.60 Å². The molecule has 2 aromatic rings. The molecular formula is C19H23N3O2. The van der Waals surface area contributed by atoms with E-state index in [4.69, 9.17) is 0 Å². The molecule has 0 aliphatic rings. The number of imidazole rings is 1. The molecule has 126 valence electrons. The molecular weight excluding hydrogens is 302 g/mol. The summed E-state index contributed by atoms with van der Waals surface area (Å²) in [7, 11) is 0. The fourth-order valence-corrected chi connectivity index (χ4v) is 2.12. The Morgan fingerprint density at radius 3 is 2.62 bits per heavy atom. The van der Waals surface area contributed by atoms with Crippen molar-refractivity contribution in [2.75, 3.05) is 0 Å². The van der Waals surface area contributed by atoms with Crippen molar-refractivity contribution in [2.45, 2.75) is 45.4 Å². The lowest BCUT2D eigenvalue weighted by atomic mass is 10.1. The molecule has 0 fully saturated rings. The Morgan fingerprint density at radius 2 is 2.08 bits per heavy atom. The maximum atomic E-state index is 12.4. The molecule has 1 aromatic heterocycles. The summed E-state index contributed by atoms with van der Waals surface area (Å²) in [4.78, 5) is 16.4. The zero-order chi connectivity index (χ0) is 17.6. The average molecular weight is 325 g/mol. The first-order valence-corrected chi connectivity index (χ1v) is 7.99. The van der Waals surface area contributed by atoms with Gasteiger partial charge in [0, 0.05) is 36.1 Å². The van der Waals surface area contributed by atoms with Crippen LogP contribution >= 0.6 is 0 Å². The number of amides is 1. The predicted octanol–water partition coefficient (Wildman–Crippen LogP) is 2.21. The minimum atomic E-state index is -1.03. The highest BCUT2D eigenvalue weighted by Gasteiger charge is 2.12. The van der Waals surface area contributed by atoms with Crippen LogP contribution in [0.1, 0.15) is 43.1 Å². The van der Waals surface area contributed by atoms with Gasteiger partial charge in [0.25, 0.3) is 5.91 Å². The summed E-state index contributed by atoms with van der Waals surface area (Å²) in [6, 6.07) is 7.09. The summed E-state index contributed by atoms with van der Waals surface area (Å²) in [5, 5.41) is 12.6. The van der Waals surface area contributed by atoms with Crippen LogP contribution < -0.4 is 5.32 Å². The van der Waals surface area contributed by atoms with Gasteiger partial charge in [-0.25, -0.2) is 4.98 Å². The molecule has 0 unspecified atom stereocenters. The third kappa shape index (κ3) is 5.56. The Bertz CT molecular complexity index is 717. The number of nitrogens with zero attached hydrogens (tertiary/aromatic N) is 2. The van der Waals surface area contributed by atoms with Crippen LogP contribution in [0, 0.1) is 11.8 Å². The van der Waals surface area contributed by atoms with Gasteiger partial charge >= 0.3 is 0 Å². The molecule has 2 N–H and O–H groups in total. The summed E-state index contributed by atoms with van der Waals surface area (Å²) in [6.07, 6.45) is 6.18. The molecule has 5 heteroatoms. The maximum absolute atomic E-state index is 12.4. The lowest BCUT2D eigenvalue weighted by molar-refractivity contribution is 0.0931. The predicted molar refractivity (Wildman–Crippen MR) is 93.4 cm³/mol. The van der Waals surface area contributed by atoms with Crippen molar-refractivity contribution < 1.29 is 9.90 Å². The molecule has 24 heavy (non-hydrogen) atoms. The standard InChI is InChI=1S/C19H23N3O2/c1-4-17(13-22-12-11-20-14-22)21-18(23)16-7-5-15(6-8-16)9-10-19(2,3)24/h5-8,11-12,14,17,24H,4,13H2,1-3H3,(H,21,23)/t17-/m1/s1. The van der Waals surface area contributed by atoms with E-state index in [9.17, 15) is 9.90 Å². The van der Waals surface area contributed by atoms with Gasteiger partial charge in [0.2, 0.25) is 0 Å². The van der Waals surface area contributed by atoms with Gasteiger partial charge in [0.05, 0.1) is 6.33 Å². The van der Waals surface area contributed by atoms with Crippen molar-refractivity contribution in [1.82, 2.24) is 14.9 Å². The summed E-state index contributed by atoms with van der Waals surface area (Å²) in [5.74, 6) is 5.53. The first kappa shape index (κ1) is 17.8. The number of carbonyl (C=O) groups excluding carboxylic acids is 1. The summed E-state index contributed by atoms with van der Waals surface area (Å²) < 4.78 is 1.95. The van der Waals surface area contributed by atoms with E-state index in [1.807, 2.05) is 17.7 Å². The third-order valence-corrected chi connectivity index (χ3v) is 3.48. The molecule has 0 bridgehead atoms. The average Bonchev–Trinajstić information content (AvgIpc) is 3.05. The number of aliphatic hydroxyl groups is 1. The van der Waals surface area contributed by atoms with Crippen LogP contribution in [0.4, 0.5) is 0 Å². The number of benzene rings is 1. The van der Waals surface area contributed by atoms with Crippen molar-refractivity contribution in [2.24, 2.45) is 0 Å². The van der Waals surface area contributed by atoms with E-state index in [2.05, 4.69) is 22.1 Å². The van der Waals surface area contributed by atoms with Gasteiger partial charge in [-0.05, 0) is 44.5 Å². The minimum Gasteiger partial charge on any atom is -0.378 e. The van der Waals surface area contributed by atoms with Crippen molar-refractivity contribution in [3.63, 3.8) is 0 Å². The second kappa shape index (κ2) is 7.80. The van der Waals surface area contributed by atoms with E-state index in [0.717, 1.165) is 12.0 Å². The Kier molecular flexibility index (Phi) is 5.78. The van der Waals surface area contributed by atoms with E-state index in [0.29, 0.717) is 12.1 Å². The molecule has 0 spiro atoms. The Hall–Kier alpha value is -2.58. The number of hydrogen-bond donors (Lipinski definition) is 2. The third-order valence-electron chi connectivity index (χ3n) is 3.48. The Balaban J connectivity index is 1.99. The number of carbonyl (C=O) groups is 1. The second-order valence-corrected chi connectivity index (χ2v) is 6.22. The highest BCUT2D eigenvalue weighted by Crippen LogP contribution is 2.06. The number of rotatable bonds is 5. The summed E-state index contributed by atoms with van der Waals surface area (Å²) in [5.41, 5.74) is 0.324. The van der Waals surface area contributed by atoms with Crippen molar-refractivity contribution >= 4 is 5.91 Å². The first-order chi connectivity index (χ1) is 11.4. The van der Waals surface area contributed by atoms with Crippen LogP contribution in [0.5, 0.6) is 0 Å². The van der Waals surface area contributed by atoms with Gasteiger partial charge in [-0.2, -0.15) is 0 Å². The number of aromatic nitrogens is 2. The van der Waals surface area contributed by atoms with Gasteiger partial charge in [-0.3, -0.25) is 4.79 Å². The van der Waals surface area contributed by atoms with Crippen LogP contribution in [-0.4, -0.2) is 32.2 Å². The lowest BCUT2D eigenvalue weighted by Gasteiger charge is -2.17. The molecule has 1 amide bonds. The highest BCUT2D eigenvalue weighted by molar-refractivity contribution is 5.94. The van der Waals surface area contributed by atoms with Crippen molar-refractivity contribution in [3.8, 4) is 11.8 Å². The van der Waals surface area contributed by atoms with Crippen molar-refractivity contribution in [3.05, 3.63) is 54.1 Å². The molecule has 2 rings (SSSR count). The molecule has 0 aliphatic heterocycles. The first-order valence-electron chi connectivity index (χ1n) is 7.99. The van der Waals surface area contributed by atoms with Crippen molar-refractivity contribution in [1.29, 1.82) is 0 Å². The zero-order valence-electron chi connectivity index (χ0n) is 14.3. The van der Waals surface area contributed by atoms with Gasteiger partial charge in [-0.1, -0.05) is 18.8 Å². The fraction of sp³-hybridized carbons (Fsp3) is 0.368. The lowest BCUT2D eigenvalue weighted by Crippen LogP contribution is -2.37. The van der Waals surface area contributed by atoms with E-state index in [-0.39, 0.29) is 11.9 Å². The van der Waals surface area contributed by atoms with Gasteiger partial charge in [0.15, 0.2) is 0 Å². The van der Waals surface area contributed by atoms with Crippen LogP contribution in [-0.2, 0) is 6.54 Å². The number of hydrogen-bond acceptors (Lipinski definition) is 3. The Labute approximate surface area is 142 Å². The Morgan fingerprint density at radius 1 is 1.38 bits per heavy atom. The monoisotopic (exact) mass is 325 g/mol. The molecule has 0 saturated carbocycles. The zero-order valence-corrected chi connectivity index (χ0v) is 14.3. The van der Waals surface area contributed by atoms with Crippen LogP contribution in [0.15, 0.2) is 43.0 Å². The summed E-state index contributed by atoms with van der Waals surface area (Å²) >= 11 is 0.